The highest BCUT2D eigenvalue weighted by atomic mass is 32.2. The summed E-state index contributed by atoms with van der Waals surface area (Å²) in [5.41, 5.74) is 4.63. The number of hydrogen-bond donors (Lipinski definition) is 0. The molecule has 0 unspecified atom stereocenters. The van der Waals surface area contributed by atoms with Crippen molar-refractivity contribution in [2.45, 2.75) is 18.9 Å². The van der Waals surface area contributed by atoms with Crippen molar-refractivity contribution in [2.24, 2.45) is 0 Å². The van der Waals surface area contributed by atoms with E-state index < -0.39 is 21.0 Å². The predicted octanol–water partition coefficient (Wildman–Crippen LogP) is 6.11. The van der Waals surface area contributed by atoms with E-state index in [0.29, 0.717) is 23.1 Å². The quantitative estimate of drug-likeness (QED) is 0.0661. The van der Waals surface area contributed by atoms with Gasteiger partial charge in [0.25, 0.3) is 15.8 Å². The Balaban J connectivity index is 1.65. The van der Waals surface area contributed by atoms with Crippen molar-refractivity contribution in [1.82, 2.24) is 4.57 Å². The van der Waals surface area contributed by atoms with Gasteiger partial charge in [-0.3, -0.25) is 14.3 Å². The molecule has 232 valence electrons. The normalized spacial score (nSPS) is 11.5. The molecule has 11 heteroatoms. The molecule has 0 aliphatic carbocycles. The Kier molecular flexibility index (Phi) is 9.60. The van der Waals surface area contributed by atoms with Gasteiger partial charge in [0, 0.05) is 35.2 Å². The number of benzene rings is 4. The van der Waals surface area contributed by atoms with Crippen molar-refractivity contribution in [3.63, 3.8) is 0 Å². The van der Waals surface area contributed by atoms with Gasteiger partial charge in [-0.15, -0.1) is 0 Å². The largest absolute Gasteiger partial charge is 0.493 e. The van der Waals surface area contributed by atoms with Crippen LogP contribution in [0.25, 0.3) is 10.9 Å². The van der Waals surface area contributed by atoms with Crippen molar-refractivity contribution in [3.05, 3.63) is 141 Å². The Bertz CT molecular complexity index is 1870. The Labute approximate surface area is 261 Å². The highest BCUT2D eigenvalue weighted by molar-refractivity contribution is 7.85. The first-order chi connectivity index (χ1) is 21.7. The summed E-state index contributed by atoms with van der Waals surface area (Å²) in [5.74, 6) is 0.0968. The molecule has 0 fully saturated rings. The van der Waals surface area contributed by atoms with E-state index in [0.717, 1.165) is 34.2 Å². The third-order valence-electron chi connectivity index (χ3n) is 7.44. The van der Waals surface area contributed by atoms with E-state index in [9.17, 15) is 23.3 Å². The minimum Gasteiger partial charge on any atom is -0.493 e. The average Bonchev–Trinajstić information content (AvgIpc) is 3.33. The monoisotopic (exact) mass is 628 g/mol. The zero-order valence-electron chi connectivity index (χ0n) is 24.8. The lowest BCUT2D eigenvalue weighted by Gasteiger charge is -2.25. The summed E-state index contributed by atoms with van der Waals surface area (Å²) in [6.07, 6.45) is 1.56. The number of carbonyl (C=O) groups is 1. The summed E-state index contributed by atoms with van der Waals surface area (Å²) in [6, 6.07) is 30.9. The van der Waals surface area contributed by atoms with Gasteiger partial charge in [0.1, 0.15) is 5.75 Å². The number of nitro benzene ring substituents is 1. The first-order valence-electron chi connectivity index (χ1n) is 14.2. The summed E-state index contributed by atoms with van der Waals surface area (Å²) in [4.78, 5) is 23.2. The van der Waals surface area contributed by atoms with Gasteiger partial charge in [-0.25, -0.2) is 4.79 Å². The van der Waals surface area contributed by atoms with E-state index >= 15 is 0 Å². The van der Waals surface area contributed by atoms with E-state index in [1.165, 1.54) is 19.2 Å². The van der Waals surface area contributed by atoms with Crippen LogP contribution in [0.3, 0.4) is 0 Å². The molecule has 4 aromatic carbocycles. The molecule has 0 N–H and O–H groups in total. The second-order valence-electron chi connectivity index (χ2n) is 10.4. The zero-order chi connectivity index (χ0) is 32.0. The molecule has 1 heterocycles. The van der Waals surface area contributed by atoms with Gasteiger partial charge in [-0.05, 0) is 53.4 Å². The Morgan fingerprint density at radius 1 is 0.867 bits per heavy atom. The van der Waals surface area contributed by atoms with E-state index in [4.69, 9.17) is 13.7 Å². The van der Waals surface area contributed by atoms with Crippen molar-refractivity contribution >= 4 is 32.7 Å². The summed E-state index contributed by atoms with van der Waals surface area (Å²) in [5, 5.41) is 12.5. The van der Waals surface area contributed by atoms with Crippen LogP contribution in [-0.4, -0.2) is 50.5 Å². The number of nitrogens with zero attached hydrogens (tertiary/aromatic N) is 2. The second-order valence-corrected chi connectivity index (χ2v) is 12.0. The molecule has 0 aliphatic rings. The topological polar surface area (TPSA) is 127 Å². The number of rotatable bonds is 13. The van der Waals surface area contributed by atoms with Crippen molar-refractivity contribution in [1.29, 1.82) is 0 Å². The van der Waals surface area contributed by atoms with Gasteiger partial charge in [-0.1, -0.05) is 60.7 Å². The summed E-state index contributed by atoms with van der Waals surface area (Å²) < 4.78 is 41.8. The number of fused-ring (bicyclic) bond motifs is 1. The Morgan fingerprint density at radius 3 is 2.04 bits per heavy atom. The fourth-order valence-corrected chi connectivity index (χ4v) is 5.89. The first kappa shape index (κ1) is 31.4. The molecule has 0 saturated carbocycles. The number of carbonyl (C=O) groups excluding carboxylic acids is 1. The number of aromatic nitrogens is 1. The molecule has 0 atom stereocenters. The fourth-order valence-electron chi connectivity index (χ4n) is 5.51. The highest BCUT2D eigenvalue weighted by Crippen LogP contribution is 2.38. The number of non-ortho nitro benzene ring substituents is 1. The molecule has 0 bridgehead atoms. The standard InChI is InChI=1S/C34H32N2O8S/c1-42-34(37)26-13-16-28(17-14-26)43-21-20-32-29(19-22-44-45(2,40)41)30-23-27(36(38)39)15-18-31(30)35(32)33(24-9-5-3-6-10-24)25-11-7-4-8-12-25/h3-18,23,33H,19-22H2,1-2H3. The van der Waals surface area contributed by atoms with Crippen LogP contribution in [0, 0.1) is 10.1 Å². The maximum Gasteiger partial charge on any atom is 0.337 e. The molecule has 10 nitrogen and oxygen atoms in total. The number of ether oxygens (including phenoxy) is 2. The second kappa shape index (κ2) is 13.7. The molecule has 0 spiro atoms. The molecule has 45 heavy (non-hydrogen) atoms. The van der Waals surface area contributed by atoms with Gasteiger partial charge < -0.3 is 14.0 Å². The van der Waals surface area contributed by atoms with Crippen molar-refractivity contribution in [3.8, 4) is 5.75 Å². The van der Waals surface area contributed by atoms with Crippen LogP contribution in [-0.2, 0) is 31.9 Å². The molecular weight excluding hydrogens is 596 g/mol. The Morgan fingerprint density at radius 2 is 1.49 bits per heavy atom. The third kappa shape index (κ3) is 7.39. The molecule has 1 aromatic heterocycles. The maximum absolute atomic E-state index is 11.8. The fraction of sp³-hybridized carbons (Fsp3) is 0.206. The van der Waals surface area contributed by atoms with Crippen LogP contribution in [0.2, 0.25) is 0 Å². The summed E-state index contributed by atoms with van der Waals surface area (Å²) in [6.45, 7) is 0.0943. The van der Waals surface area contributed by atoms with Crippen LogP contribution in [0.4, 0.5) is 5.69 Å². The number of methoxy groups -OCH3 is 1. The summed E-state index contributed by atoms with van der Waals surface area (Å²) in [7, 11) is -2.40. The third-order valence-corrected chi connectivity index (χ3v) is 8.03. The minimum atomic E-state index is -3.71. The minimum absolute atomic E-state index is 0.0746. The molecule has 0 aliphatic heterocycles. The average molecular weight is 629 g/mol. The van der Waals surface area contributed by atoms with Crippen LogP contribution in [0.1, 0.15) is 38.8 Å². The number of esters is 1. The zero-order valence-corrected chi connectivity index (χ0v) is 25.6. The molecule has 0 radical (unpaired) electrons. The first-order valence-corrected chi connectivity index (χ1v) is 16.0. The van der Waals surface area contributed by atoms with Gasteiger partial charge in [-0.2, -0.15) is 8.42 Å². The molecule has 5 rings (SSSR count). The Hall–Kier alpha value is -5.00. The van der Waals surface area contributed by atoms with Crippen LogP contribution in [0.5, 0.6) is 5.75 Å². The van der Waals surface area contributed by atoms with Crippen molar-refractivity contribution < 1.29 is 31.8 Å². The van der Waals surface area contributed by atoms with E-state index in [2.05, 4.69) is 4.57 Å². The summed E-state index contributed by atoms with van der Waals surface area (Å²) >= 11 is 0. The van der Waals surface area contributed by atoms with E-state index in [1.807, 2.05) is 60.7 Å². The number of nitro groups is 1. The van der Waals surface area contributed by atoms with Crippen LogP contribution < -0.4 is 4.74 Å². The molecular formula is C34H32N2O8S. The highest BCUT2D eigenvalue weighted by Gasteiger charge is 2.27. The van der Waals surface area contributed by atoms with Crippen LogP contribution in [0.15, 0.2) is 103 Å². The lowest BCUT2D eigenvalue weighted by molar-refractivity contribution is -0.384. The van der Waals surface area contributed by atoms with Crippen molar-refractivity contribution in [2.75, 3.05) is 26.6 Å². The lowest BCUT2D eigenvalue weighted by Crippen LogP contribution is -2.18. The number of hydrogen-bond acceptors (Lipinski definition) is 8. The van der Waals surface area contributed by atoms with Gasteiger partial charge >= 0.3 is 5.97 Å². The van der Waals surface area contributed by atoms with Gasteiger partial charge in [0.15, 0.2) is 0 Å². The van der Waals surface area contributed by atoms with Gasteiger partial charge in [0.2, 0.25) is 0 Å². The molecule has 5 aromatic rings. The van der Waals surface area contributed by atoms with E-state index in [-0.39, 0.29) is 31.4 Å². The van der Waals surface area contributed by atoms with Crippen LogP contribution >= 0.6 is 0 Å². The lowest BCUT2D eigenvalue weighted by atomic mass is 9.97. The predicted molar refractivity (Wildman–Crippen MR) is 170 cm³/mol. The molecule has 0 amide bonds. The molecule has 0 saturated heterocycles. The SMILES string of the molecule is COC(=O)c1ccc(OCCc2c(CCOS(C)(=O)=O)c3cc([N+](=O)[O-])ccc3n2C(c2ccccc2)c2ccccc2)cc1. The smallest absolute Gasteiger partial charge is 0.337 e. The van der Waals surface area contributed by atoms with E-state index in [1.54, 1.807) is 30.3 Å². The maximum atomic E-state index is 11.8. The van der Waals surface area contributed by atoms with Gasteiger partial charge in [0.05, 0.1) is 43.1 Å².